The van der Waals surface area contributed by atoms with Gasteiger partial charge in [0.1, 0.15) is 0 Å². The number of aliphatic hydroxyl groups excluding tert-OH is 1. The van der Waals surface area contributed by atoms with Gasteiger partial charge in [-0.05, 0) is 33.0 Å². The fourth-order valence-corrected chi connectivity index (χ4v) is 2.76. The molecule has 100 valence electrons. The minimum atomic E-state index is -0.428. The van der Waals surface area contributed by atoms with Gasteiger partial charge in [0.2, 0.25) is 0 Å². The first-order valence-corrected chi connectivity index (χ1v) is 7.21. The summed E-state index contributed by atoms with van der Waals surface area (Å²) in [5, 5.41) is 9.89. The molecule has 1 aliphatic heterocycles. The fourth-order valence-electron chi connectivity index (χ4n) is 2.41. The van der Waals surface area contributed by atoms with Crippen molar-refractivity contribution in [2.75, 3.05) is 31.6 Å². The van der Waals surface area contributed by atoms with Gasteiger partial charge in [-0.1, -0.05) is 22.0 Å². The average Bonchev–Trinajstić information content (AvgIpc) is 2.32. The molecule has 18 heavy (non-hydrogen) atoms. The van der Waals surface area contributed by atoms with E-state index in [0.717, 1.165) is 35.4 Å². The highest BCUT2D eigenvalue weighted by atomic mass is 79.9. The van der Waals surface area contributed by atoms with E-state index in [4.69, 9.17) is 0 Å². The van der Waals surface area contributed by atoms with Gasteiger partial charge in [-0.15, -0.1) is 0 Å². The summed E-state index contributed by atoms with van der Waals surface area (Å²) in [5.74, 6) is 0. The van der Waals surface area contributed by atoms with Crippen molar-refractivity contribution >= 4 is 21.6 Å². The Morgan fingerprint density at radius 2 is 2.11 bits per heavy atom. The molecule has 4 heteroatoms. The first kappa shape index (κ1) is 13.8. The lowest BCUT2D eigenvalue weighted by Gasteiger charge is -2.40. The number of halogens is 1. The summed E-state index contributed by atoms with van der Waals surface area (Å²) in [7, 11) is 2.17. The molecule has 1 aliphatic rings. The second kappa shape index (κ2) is 5.59. The molecule has 0 spiro atoms. The third kappa shape index (κ3) is 2.87. The van der Waals surface area contributed by atoms with E-state index in [2.05, 4.69) is 45.8 Å². The molecular weight excluding hydrogens is 292 g/mol. The molecule has 0 aromatic heterocycles. The van der Waals surface area contributed by atoms with Crippen LogP contribution in [0.15, 0.2) is 22.7 Å². The van der Waals surface area contributed by atoms with E-state index in [0.29, 0.717) is 6.04 Å². The normalized spacial score (nSPS) is 23.2. The maximum Gasteiger partial charge on any atom is 0.0782 e. The molecule has 1 N–H and O–H groups in total. The number of likely N-dealkylation sites (N-methyl/N-ethyl adjacent to an activating group) is 1. The van der Waals surface area contributed by atoms with Crippen LogP contribution >= 0.6 is 15.9 Å². The van der Waals surface area contributed by atoms with E-state index < -0.39 is 6.10 Å². The summed E-state index contributed by atoms with van der Waals surface area (Å²) in [6.45, 7) is 7.15. The highest BCUT2D eigenvalue weighted by Gasteiger charge is 2.23. The number of hydrogen-bond donors (Lipinski definition) is 1. The molecule has 0 aliphatic carbocycles. The van der Waals surface area contributed by atoms with Crippen molar-refractivity contribution in [3.8, 4) is 0 Å². The molecule has 0 saturated carbocycles. The average molecular weight is 313 g/mol. The van der Waals surface area contributed by atoms with Crippen LogP contribution in [0.4, 0.5) is 5.69 Å². The molecule has 1 aromatic rings. The molecule has 2 atom stereocenters. The largest absolute Gasteiger partial charge is 0.389 e. The van der Waals surface area contributed by atoms with Crippen LogP contribution < -0.4 is 4.90 Å². The minimum absolute atomic E-state index is 0.428. The van der Waals surface area contributed by atoms with E-state index >= 15 is 0 Å². The molecule has 1 saturated heterocycles. The highest BCUT2D eigenvalue weighted by Crippen LogP contribution is 2.31. The Labute approximate surface area is 118 Å². The quantitative estimate of drug-likeness (QED) is 0.909. The van der Waals surface area contributed by atoms with Crippen molar-refractivity contribution < 1.29 is 5.11 Å². The van der Waals surface area contributed by atoms with Crippen LogP contribution in [0.3, 0.4) is 0 Å². The van der Waals surface area contributed by atoms with Crippen molar-refractivity contribution in [2.24, 2.45) is 0 Å². The summed E-state index contributed by atoms with van der Waals surface area (Å²) in [6.07, 6.45) is -0.428. The zero-order valence-electron chi connectivity index (χ0n) is 11.2. The Kier molecular flexibility index (Phi) is 4.30. The number of hydrogen-bond acceptors (Lipinski definition) is 3. The summed E-state index contributed by atoms with van der Waals surface area (Å²) >= 11 is 3.52. The Bertz CT molecular complexity index is 422. The Balaban J connectivity index is 2.29. The smallest absolute Gasteiger partial charge is 0.0782 e. The number of aliphatic hydroxyl groups is 1. The monoisotopic (exact) mass is 312 g/mol. The summed E-state index contributed by atoms with van der Waals surface area (Å²) in [6, 6.07) is 6.65. The predicted octanol–water partition coefficient (Wildman–Crippen LogP) is 2.64. The van der Waals surface area contributed by atoms with Crippen LogP contribution in [0.25, 0.3) is 0 Å². The van der Waals surface area contributed by atoms with Crippen molar-refractivity contribution in [3.63, 3.8) is 0 Å². The molecule has 1 heterocycles. The Hall–Kier alpha value is -0.580. The van der Waals surface area contributed by atoms with Gasteiger partial charge in [0.25, 0.3) is 0 Å². The number of rotatable bonds is 2. The van der Waals surface area contributed by atoms with Gasteiger partial charge in [-0.25, -0.2) is 0 Å². The van der Waals surface area contributed by atoms with Crippen LogP contribution in [-0.4, -0.2) is 42.7 Å². The zero-order chi connectivity index (χ0) is 13.3. The number of nitrogens with zero attached hydrogens (tertiary/aromatic N) is 2. The van der Waals surface area contributed by atoms with Crippen molar-refractivity contribution in [1.82, 2.24) is 4.90 Å². The van der Waals surface area contributed by atoms with Gasteiger partial charge >= 0.3 is 0 Å². The highest BCUT2D eigenvalue weighted by molar-refractivity contribution is 9.10. The molecule has 0 radical (unpaired) electrons. The maximum atomic E-state index is 9.89. The molecule has 1 aromatic carbocycles. The van der Waals surface area contributed by atoms with Gasteiger partial charge in [-0.2, -0.15) is 0 Å². The summed E-state index contributed by atoms with van der Waals surface area (Å²) < 4.78 is 1.06. The van der Waals surface area contributed by atoms with E-state index in [9.17, 15) is 5.11 Å². The second-order valence-corrected chi connectivity index (χ2v) is 6.07. The van der Waals surface area contributed by atoms with Crippen molar-refractivity contribution in [3.05, 3.63) is 28.2 Å². The maximum absolute atomic E-state index is 9.89. The van der Waals surface area contributed by atoms with Gasteiger partial charge in [0, 0.05) is 41.4 Å². The van der Waals surface area contributed by atoms with E-state index in [-0.39, 0.29) is 0 Å². The van der Waals surface area contributed by atoms with E-state index in [1.807, 2.05) is 19.1 Å². The molecule has 0 bridgehead atoms. The lowest BCUT2D eigenvalue weighted by atomic mass is 10.1. The number of benzene rings is 1. The molecule has 2 unspecified atom stereocenters. The van der Waals surface area contributed by atoms with Gasteiger partial charge in [-0.3, -0.25) is 0 Å². The standard InChI is InChI=1S/C14H21BrN2O/c1-10-9-17(7-6-16(10)3)14-8-12(15)4-5-13(14)11(2)18/h4-5,8,10-11,18H,6-7,9H2,1-3H3. The molecule has 3 nitrogen and oxygen atoms in total. The predicted molar refractivity (Wildman–Crippen MR) is 79.1 cm³/mol. The van der Waals surface area contributed by atoms with Crippen LogP contribution in [0.1, 0.15) is 25.5 Å². The van der Waals surface area contributed by atoms with Gasteiger partial charge in [0.15, 0.2) is 0 Å². The van der Waals surface area contributed by atoms with Crippen molar-refractivity contribution in [1.29, 1.82) is 0 Å². The van der Waals surface area contributed by atoms with E-state index in [1.54, 1.807) is 0 Å². The Morgan fingerprint density at radius 1 is 1.39 bits per heavy atom. The molecular formula is C14H21BrN2O. The first-order chi connectivity index (χ1) is 8.49. The fraction of sp³-hybridized carbons (Fsp3) is 0.571. The van der Waals surface area contributed by atoms with E-state index in [1.165, 1.54) is 0 Å². The lowest BCUT2D eigenvalue weighted by Crippen LogP contribution is -2.50. The topological polar surface area (TPSA) is 26.7 Å². The first-order valence-electron chi connectivity index (χ1n) is 6.41. The summed E-state index contributed by atoms with van der Waals surface area (Å²) in [5.41, 5.74) is 2.16. The Morgan fingerprint density at radius 3 is 2.72 bits per heavy atom. The van der Waals surface area contributed by atoms with Crippen molar-refractivity contribution in [2.45, 2.75) is 26.0 Å². The molecule has 0 amide bonds. The molecule has 1 fully saturated rings. The third-order valence-electron chi connectivity index (χ3n) is 3.74. The lowest BCUT2D eigenvalue weighted by molar-refractivity contribution is 0.198. The SMILES string of the molecule is CC(O)c1ccc(Br)cc1N1CCN(C)C(C)C1. The van der Waals surface area contributed by atoms with Crippen LogP contribution in [0.5, 0.6) is 0 Å². The van der Waals surface area contributed by atoms with Gasteiger partial charge in [0.05, 0.1) is 6.10 Å². The summed E-state index contributed by atoms with van der Waals surface area (Å²) in [4.78, 5) is 4.74. The number of piperazine rings is 1. The number of anilines is 1. The zero-order valence-corrected chi connectivity index (χ0v) is 12.8. The second-order valence-electron chi connectivity index (χ2n) is 5.15. The van der Waals surface area contributed by atoms with Crippen LogP contribution in [0, 0.1) is 0 Å². The van der Waals surface area contributed by atoms with Crippen LogP contribution in [0.2, 0.25) is 0 Å². The third-order valence-corrected chi connectivity index (χ3v) is 4.24. The van der Waals surface area contributed by atoms with Gasteiger partial charge < -0.3 is 14.9 Å². The minimum Gasteiger partial charge on any atom is -0.389 e. The van der Waals surface area contributed by atoms with Crippen LogP contribution in [-0.2, 0) is 0 Å². The molecule has 2 rings (SSSR count).